The van der Waals surface area contributed by atoms with Crippen LogP contribution in [0.25, 0.3) is 0 Å². The van der Waals surface area contributed by atoms with Crippen LogP contribution >= 0.6 is 23.2 Å². The third-order valence-electron chi connectivity index (χ3n) is 23.0. The standard InChI is InChI=1S/C30H40ClN3O2.C29H37N5O2.C27H35ClN4O2/c1-22(35)32-16-14-23(15-17-32)20-28(36)34-19-18-33(21-27(34)30(2,3)4)29(24-8-6-5-7-9-24)25-10-12-26(31)13-11-25;1-21(2)26-20-33(16-17-34(26)27(35)18-22-12-14-32(15-13-22)29(31)36)28(24-6-4-3-5-7-24)25-10-8-23(19-30)9-11-25;1-2-24-19-31(26(21-6-4-3-5-7-21)22-8-10-23(28)11-9-22)16-17-32(24)25(33)18-20-12-14-30(15-13-20)27(29)34/h5-13,23,27,29H,14-21H2,1-4H3;3-11,21-22,26,28H,12-18,20H2,1-2H3,(H2,31,36);3-11,20,24,26H,2,12-19H2,1H3,(H2,29,34)/t27-,29?;26-,28?;24-,26?/m110/s1. The molecule has 0 saturated carbocycles. The Bertz CT molecular complexity index is 3860. The maximum atomic E-state index is 13.6. The lowest BCUT2D eigenvalue weighted by Gasteiger charge is -2.50. The Hall–Kier alpha value is -8.31. The number of primary amides is 2. The van der Waals surface area contributed by atoms with E-state index >= 15 is 0 Å². The number of rotatable bonds is 17. The molecule has 0 spiro atoms. The predicted octanol–water partition coefficient (Wildman–Crippen LogP) is 14.2. The SMILES string of the molecule is CC(=O)N1CCC(CC(=O)N2CCN(C(c3ccccc3)c3ccc(Cl)cc3)C[C@@H]2C(C)(C)C)CC1.CC(C)[C@H]1CN(C(c2ccccc2)c2ccc(C#N)cc2)CCN1C(=O)CC1CCN(C(N)=O)CC1.CC[C@H]1CN(C(c2ccccc2)c2ccc(Cl)cc2)CCN1C(=O)CC1CCN(C(N)=O)CC1. The van der Waals surface area contributed by atoms with E-state index in [1.165, 1.54) is 27.8 Å². The van der Waals surface area contributed by atoms with Crippen molar-refractivity contribution in [2.24, 2.45) is 40.6 Å². The summed E-state index contributed by atoms with van der Waals surface area (Å²) in [7, 11) is 0. The van der Waals surface area contributed by atoms with E-state index in [9.17, 15) is 34.0 Å². The number of carbonyl (C=O) groups excluding carboxylic acids is 6. The van der Waals surface area contributed by atoms with E-state index in [4.69, 9.17) is 34.7 Å². The lowest BCUT2D eigenvalue weighted by molar-refractivity contribution is -0.142. The fraction of sp³-hybridized carbons (Fsp3) is 0.500. The zero-order valence-corrected chi connectivity index (χ0v) is 64.9. The monoisotopic (exact) mass is 1480 g/mol. The zero-order chi connectivity index (χ0) is 75.6. The summed E-state index contributed by atoms with van der Waals surface area (Å²) in [5.41, 5.74) is 18.7. The van der Waals surface area contributed by atoms with Crippen LogP contribution in [0.15, 0.2) is 164 Å². The van der Waals surface area contributed by atoms with Crippen molar-refractivity contribution >= 4 is 58.9 Å². The number of hydrogen-bond acceptors (Lipinski definition) is 10. The van der Waals surface area contributed by atoms with Gasteiger partial charge in [-0.15, -0.1) is 0 Å². The smallest absolute Gasteiger partial charge is 0.314 e. The number of urea groups is 2. The molecule has 6 aromatic rings. The first-order chi connectivity index (χ1) is 51.0. The second-order valence-corrected chi connectivity index (χ2v) is 32.3. The molecule has 106 heavy (non-hydrogen) atoms. The fourth-order valence-corrected chi connectivity index (χ4v) is 17.1. The summed E-state index contributed by atoms with van der Waals surface area (Å²) in [5, 5.41) is 10.7. The largest absolute Gasteiger partial charge is 0.351 e. The summed E-state index contributed by atoms with van der Waals surface area (Å²) in [5.74, 6) is 2.17. The summed E-state index contributed by atoms with van der Waals surface area (Å²) in [6.07, 6.45) is 7.77. The normalized spacial score (nSPS) is 20.6. The highest BCUT2D eigenvalue weighted by atomic mass is 35.5. The van der Waals surface area contributed by atoms with Gasteiger partial charge in [-0.25, -0.2) is 9.59 Å². The zero-order valence-electron chi connectivity index (χ0n) is 63.4. The van der Waals surface area contributed by atoms with Crippen molar-refractivity contribution in [1.29, 1.82) is 5.26 Å². The number of benzene rings is 6. The molecule has 4 N–H and O–H groups in total. The van der Waals surface area contributed by atoms with Crippen molar-refractivity contribution in [1.82, 2.24) is 44.1 Å². The average Bonchev–Trinajstić information content (AvgIpc) is 0.789. The topological polar surface area (TPSA) is 207 Å². The molecule has 0 bridgehead atoms. The molecule has 3 unspecified atom stereocenters. The van der Waals surface area contributed by atoms with Gasteiger partial charge in [-0.2, -0.15) is 5.26 Å². The van der Waals surface area contributed by atoms with E-state index < -0.39 is 0 Å². The molecule has 6 atom stereocenters. The van der Waals surface area contributed by atoms with Crippen LogP contribution in [-0.2, 0) is 19.2 Å². The molecule has 6 aliphatic rings. The molecule has 6 aliphatic heterocycles. The highest BCUT2D eigenvalue weighted by molar-refractivity contribution is 6.30. The van der Waals surface area contributed by atoms with Crippen molar-refractivity contribution in [3.05, 3.63) is 213 Å². The van der Waals surface area contributed by atoms with E-state index in [2.05, 4.69) is 192 Å². The number of halogens is 2. The molecule has 566 valence electrons. The molecule has 0 aromatic heterocycles. The van der Waals surface area contributed by atoms with E-state index in [-0.39, 0.29) is 77.4 Å². The summed E-state index contributed by atoms with van der Waals surface area (Å²) >= 11 is 12.4. The van der Waals surface area contributed by atoms with Crippen LogP contribution in [0.4, 0.5) is 9.59 Å². The van der Waals surface area contributed by atoms with E-state index in [1.807, 2.05) is 53.4 Å². The van der Waals surface area contributed by atoms with Gasteiger partial charge in [0, 0.05) is 153 Å². The molecule has 0 aliphatic carbocycles. The van der Waals surface area contributed by atoms with Crippen LogP contribution in [0.1, 0.15) is 170 Å². The number of nitrogens with two attached hydrogens (primary N) is 2. The molecular weight excluding hydrogens is 1370 g/mol. The molecular formula is C86H112Cl2N12O6. The van der Waals surface area contributed by atoms with Crippen molar-refractivity contribution in [3.8, 4) is 6.07 Å². The number of carbonyl (C=O) groups is 6. The predicted molar refractivity (Wildman–Crippen MR) is 421 cm³/mol. The Morgan fingerprint density at radius 3 is 1.13 bits per heavy atom. The number of piperazine rings is 3. The fourth-order valence-electron chi connectivity index (χ4n) is 16.9. The van der Waals surface area contributed by atoms with Crippen LogP contribution in [0.5, 0.6) is 0 Å². The minimum Gasteiger partial charge on any atom is -0.351 e. The first-order valence-corrected chi connectivity index (χ1v) is 39.3. The second kappa shape index (κ2) is 38.0. The number of nitriles is 1. The Kier molecular flexibility index (Phi) is 28.7. The van der Waals surface area contributed by atoms with Gasteiger partial charge in [-0.1, -0.05) is 192 Å². The third-order valence-corrected chi connectivity index (χ3v) is 23.6. The maximum Gasteiger partial charge on any atom is 0.314 e. The van der Waals surface area contributed by atoms with Gasteiger partial charge in [-0.3, -0.25) is 33.9 Å². The van der Waals surface area contributed by atoms with Gasteiger partial charge in [0.25, 0.3) is 0 Å². The van der Waals surface area contributed by atoms with Crippen LogP contribution in [0.3, 0.4) is 0 Å². The first-order valence-electron chi connectivity index (χ1n) is 38.6. The first kappa shape index (κ1) is 80.2. The van der Waals surface area contributed by atoms with Crippen LogP contribution in [-0.4, -0.2) is 196 Å². The van der Waals surface area contributed by atoms with Gasteiger partial charge in [0.2, 0.25) is 23.6 Å². The Morgan fingerprint density at radius 2 is 0.774 bits per heavy atom. The number of piperidine rings is 3. The van der Waals surface area contributed by atoms with Gasteiger partial charge in [0.15, 0.2) is 0 Å². The molecule has 12 rings (SSSR count). The van der Waals surface area contributed by atoms with E-state index in [0.29, 0.717) is 81.2 Å². The van der Waals surface area contributed by atoms with Crippen molar-refractivity contribution in [3.63, 3.8) is 0 Å². The molecule has 6 heterocycles. The summed E-state index contributed by atoms with van der Waals surface area (Å²) < 4.78 is 0. The minimum atomic E-state index is -0.369. The number of hydrogen-bond donors (Lipinski definition) is 2. The molecule has 8 amide bonds. The summed E-state index contributed by atoms with van der Waals surface area (Å²) in [4.78, 5) is 93.9. The van der Waals surface area contributed by atoms with Crippen LogP contribution in [0, 0.1) is 40.4 Å². The number of nitrogens with zero attached hydrogens (tertiary/aromatic N) is 10. The molecule has 20 heteroatoms. The summed E-state index contributed by atoms with van der Waals surface area (Å²) in [6.45, 7) is 26.1. The Morgan fingerprint density at radius 1 is 0.443 bits per heavy atom. The van der Waals surface area contributed by atoms with Crippen molar-refractivity contribution in [2.45, 2.75) is 149 Å². The van der Waals surface area contributed by atoms with Gasteiger partial charge >= 0.3 is 12.1 Å². The molecule has 6 fully saturated rings. The quantitative estimate of drug-likeness (QED) is 0.0883. The maximum absolute atomic E-state index is 13.6. The lowest BCUT2D eigenvalue weighted by atomic mass is 9.82. The third kappa shape index (κ3) is 21.3. The second-order valence-electron chi connectivity index (χ2n) is 31.4. The Balaban J connectivity index is 0.000000170. The van der Waals surface area contributed by atoms with Gasteiger partial charge in [-0.05, 0) is 144 Å². The van der Waals surface area contributed by atoms with Crippen LogP contribution < -0.4 is 11.5 Å². The minimum absolute atomic E-state index is 0.0481. The van der Waals surface area contributed by atoms with Gasteiger partial charge < -0.3 is 40.9 Å². The highest BCUT2D eigenvalue weighted by Gasteiger charge is 2.43. The summed E-state index contributed by atoms with van der Waals surface area (Å²) in [6, 6.07) is 58.0. The lowest BCUT2D eigenvalue weighted by Crippen LogP contribution is -2.60. The van der Waals surface area contributed by atoms with Gasteiger partial charge in [0.1, 0.15) is 0 Å². The molecule has 6 aromatic carbocycles. The van der Waals surface area contributed by atoms with E-state index in [0.717, 1.165) is 126 Å². The average molecular weight is 1480 g/mol. The molecule has 18 nitrogen and oxygen atoms in total. The van der Waals surface area contributed by atoms with Crippen molar-refractivity contribution in [2.75, 3.05) is 98.2 Å². The molecule has 6 saturated heterocycles. The van der Waals surface area contributed by atoms with Crippen molar-refractivity contribution < 1.29 is 28.8 Å². The van der Waals surface area contributed by atoms with Gasteiger partial charge in [0.05, 0.1) is 29.8 Å². The number of amides is 8. The number of likely N-dealkylation sites (tertiary alicyclic amines) is 3. The Labute approximate surface area is 639 Å². The van der Waals surface area contributed by atoms with E-state index in [1.54, 1.807) is 16.7 Å². The molecule has 0 radical (unpaired) electrons. The highest BCUT2D eigenvalue weighted by Crippen LogP contribution is 2.39. The van der Waals surface area contributed by atoms with Crippen LogP contribution in [0.2, 0.25) is 10.0 Å².